The van der Waals surface area contributed by atoms with Crippen LogP contribution in [0.25, 0.3) is 11.6 Å². The highest BCUT2D eigenvalue weighted by molar-refractivity contribution is 5.91. The summed E-state index contributed by atoms with van der Waals surface area (Å²) in [7, 11) is 0. The van der Waals surface area contributed by atoms with Gasteiger partial charge in [0.1, 0.15) is 0 Å². The Kier molecular flexibility index (Phi) is 5.88. The second kappa shape index (κ2) is 9.05. The lowest BCUT2D eigenvalue weighted by atomic mass is 9.76. The Hall–Kier alpha value is -2.72. The average molecular weight is 472 g/mol. The lowest BCUT2D eigenvalue weighted by Crippen LogP contribution is -2.40. The van der Waals surface area contributed by atoms with E-state index in [-0.39, 0.29) is 6.67 Å². The second-order valence-corrected chi connectivity index (χ2v) is 11.1. The van der Waals surface area contributed by atoms with Crippen LogP contribution < -0.4 is 0 Å². The number of carboxylic acids is 1. The molecular formula is C31H34FNO2. The van der Waals surface area contributed by atoms with Crippen LogP contribution in [0, 0.1) is 11.3 Å². The minimum absolute atomic E-state index is 0.239. The molecule has 0 radical (unpaired) electrons. The molecule has 0 bridgehead atoms. The van der Waals surface area contributed by atoms with Gasteiger partial charge in [-0.1, -0.05) is 48.4 Å². The van der Waals surface area contributed by atoms with Crippen LogP contribution in [0.1, 0.15) is 77.6 Å². The summed E-state index contributed by atoms with van der Waals surface area (Å²) in [5, 5.41) is 9.55. The van der Waals surface area contributed by atoms with Crippen molar-refractivity contribution >= 4 is 17.6 Å². The van der Waals surface area contributed by atoms with Crippen molar-refractivity contribution in [3.8, 4) is 0 Å². The molecule has 3 fully saturated rings. The Morgan fingerprint density at radius 1 is 1.09 bits per heavy atom. The zero-order chi connectivity index (χ0) is 24.0. The Morgan fingerprint density at radius 3 is 2.54 bits per heavy atom. The van der Waals surface area contributed by atoms with Crippen molar-refractivity contribution in [2.45, 2.75) is 51.4 Å². The summed E-state index contributed by atoms with van der Waals surface area (Å²) in [5.74, 6) is -0.154. The minimum atomic E-state index is -0.852. The molecule has 1 N–H and O–H groups in total. The molecular weight excluding hydrogens is 437 g/mol. The number of benzene rings is 2. The number of nitrogens with zero attached hydrogens (tertiary/aromatic N) is 1. The molecule has 3 aliphatic carbocycles. The monoisotopic (exact) mass is 471 g/mol. The van der Waals surface area contributed by atoms with Crippen molar-refractivity contribution in [3.05, 3.63) is 81.4 Å². The van der Waals surface area contributed by atoms with E-state index in [2.05, 4.69) is 41.3 Å². The number of allylic oxidation sites excluding steroid dienone is 1. The van der Waals surface area contributed by atoms with E-state index >= 15 is 0 Å². The molecule has 2 saturated carbocycles. The predicted octanol–water partition coefficient (Wildman–Crippen LogP) is 6.77. The van der Waals surface area contributed by atoms with Crippen molar-refractivity contribution in [2.24, 2.45) is 11.3 Å². The van der Waals surface area contributed by atoms with Crippen molar-refractivity contribution in [2.75, 3.05) is 26.3 Å². The number of fused-ring (bicyclic) bond motifs is 1. The van der Waals surface area contributed by atoms with Crippen LogP contribution in [0.15, 0.2) is 53.6 Å². The number of halogens is 1. The smallest absolute Gasteiger partial charge is 0.335 e. The first kappa shape index (κ1) is 22.7. The number of hydrogen-bond donors (Lipinski definition) is 1. The lowest BCUT2D eigenvalue weighted by Gasteiger charge is -2.33. The van der Waals surface area contributed by atoms with Gasteiger partial charge in [-0.15, -0.1) is 0 Å². The molecule has 1 heterocycles. The number of carbonyl (C=O) groups is 1. The first-order chi connectivity index (χ1) is 17.1. The van der Waals surface area contributed by atoms with E-state index in [1.54, 1.807) is 11.6 Å². The van der Waals surface area contributed by atoms with Gasteiger partial charge in [-0.2, -0.15) is 0 Å². The third kappa shape index (κ3) is 4.27. The number of likely N-dealkylation sites (tertiary alicyclic amines) is 1. The first-order valence-corrected chi connectivity index (χ1v) is 13.2. The van der Waals surface area contributed by atoms with E-state index in [4.69, 9.17) is 0 Å². The third-order valence-corrected chi connectivity index (χ3v) is 8.83. The van der Waals surface area contributed by atoms with Crippen LogP contribution in [-0.4, -0.2) is 42.3 Å². The van der Waals surface area contributed by atoms with Crippen molar-refractivity contribution in [1.29, 1.82) is 0 Å². The van der Waals surface area contributed by atoms with Crippen LogP contribution >= 0.6 is 0 Å². The Balaban J connectivity index is 1.32. The normalized spacial score (nSPS) is 22.8. The van der Waals surface area contributed by atoms with Gasteiger partial charge in [0.25, 0.3) is 0 Å². The molecule has 1 aliphatic heterocycles. The number of aryl methyl sites for hydroxylation is 1. The highest BCUT2D eigenvalue weighted by Gasteiger charge is 2.58. The largest absolute Gasteiger partial charge is 0.478 e. The second-order valence-electron chi connectivity index (χ2n) is 11.1. The van der Waals surface area contributed by atoms with Crippen molar-refractivity contribution in [3.63, 3.8) is 0 Å². The number of alkyl halides is 1. The molecule has 6 rings (SSSR count). The van der Waals surface area contributed by atoms with Gasteiger partial charge in [0, 0.05) is 19.6 Å². The SMILES string of the molecule is O=C(O)c1ccc2c(c1)CCCC(C1CC13CCC3)=C2c1ccc(C=C2CN(CCCF)C2)cc1. The van der Waals surface area contributed by atoms with Gasteiger partial charge < -0.3 is 5.11 Å². The van der Waals surface area contributed by atoms with Crippen molar-refractivity contribution in [1.82, 2.24) is 4.90 Å². The molecule has 4 heteroatoms. The van der Waals surface area contributed by atoms with Gasteiger partial charge in [0.15, 0.2) is 0 Å². The van der Waals surface area contributed by atoms with E-state index in [0.29, 0.717) is 23.3 Å². The zero-order valence-corrected chi connectivity index (χ0v) is 20.4. The van der Waals surface area contributed by atoms with Gasteiger partial charge in [-0.05, 0) is 102 Å². The molecule has 2 aromatic rings. The Labute approximate surface area is 207 Å². The molecule has 35 heavy (non-hydrogen) atoms. The maximum Gasteiger partial charge on any atom is 0.335 e. The molecule has 1 saturated heterocycles. The van der Waals surface area contributed by atoms with Crippen LogP contribution in [0.3, 0.4) is 0 Å². The van der Waals surface area contributed by atoms with Gasteiger partial charge in [-0.3, -0.25) is 9.29 Å². The molecule has 2 aromatic carbocycles. The lowest BCUT2D eigenvalue weighted by molar-refractivity contribution is 0.0696. The zero-order valence-electron chi connectivity index (χ0n) is 20.4. The maximum absolute atomic E-state index is 12.4. The predicted molar refractivity (Wildman–Crippen MR) is 138 cm³/mol. The molecule has 0 aromatic heterocycles. The highest BCUT2D eigenvalue weighted by Crippen LogP contribution is 2.69. The molecule has 1 spiro atoms. The first-order valence-electron chi connectivity index (χ1n) is 13.2. The van der Waals surface area contributed by atoms with E-state index in [9.17, 15) is 14.3 Å². The molecule has 4 aliphatic rings. The summed E-state index contributed by atoms with van der Waals surface area (Å²) >= 11 is 0. The Bertz CT molecular complexity index is 1200. The van der Waals surface area contributed by atoms with Gasteiger partial charge in [0.05, 0.1) is 12.2 Å². The average Bonchev–Trinajstić information content (AvgIpc) is 3.59. The van der Waals surface area contributed by atoms with Crippen LogP contribution in [-0.2, 0) is 6.42 Å². The van der Waals surface area contributed by atoms with E-state index in [1.807, 2.05) is 6.07 Å². The number of rotatable bonds is 7. The number of hydrogen-bond acceptors (Lipinski definition) is 2. The number of aromatic carboxylic acids is 1. The third-order valence-electron chi connectivity index (χ3n) is 8.83. The molecule has 182 valence electrons. The summed E-state index contributed by atoms with van der Waals surface area (Å²) in [5.41, 5.74) is 10.2. The van der Waals surface area contributed by atoms with Crippen molar-refractivity contribution < 1.29 is 14.3 Å². The molecule has 3 nitrogen and oxygen atoms in total. The summed E-state index contributed by atoms with van der Waals surface area (Å²) in [6, 6.07) is 14.7. The van der Waals surface area contributed by atoms with Gasteiger partial charge >= 0.3 is 5.97 Å². The summed E-state index contributed by atoms with van der Waals surface area (Å²) in [6.45, 7) is 2.49. The van der Waals surface area contributed by atoms with E-state index in [1.165, 1.54) is 59.1 Å². The van der Waals surface area contributed by atoms with E-state index in [0.717, 1.165) is 38.9 Å². The van der Waals surface area contributed by atoms with Crippen LogP contribution in [0.2, 0.25) is 0 Å². The maximum atomic E-state index is 12.4. The summed E-state index contributed by atoms with van der Waals surface area (Å²) in [6.07, 6.45) is 11.5. The van der Waals surface area contributed by atoms with E-state index < -0.39 is 5.97 Å². The van der Waals surface area contributed by atoms with Gasteiger partial charge in [0.2, 0.25) is 0 Å². The fraction of sp³-hybridized carbons (Fsp3) is 0.452. The fourth-order valence-corrected chi connectivity index (χ4v) is 6.70. The molecule has 0 amide bonds. The fourth-order valence-electron chi connectivity index (χ4n) is 6.70. The van der Waals surface area contributed by atoms with Gasteiger partial charge in [-0.25, -0.2) is 4.79 Å². The highest BCUT2D eigenvalue weighted by atomic mass is 19.1. The topological polar surface area (TPSA) is 40.5 Å². The summed E-state index contributed by atoms with van der Waals surface area (Å²) < 4.78 is 12.4. The van der Waals surface area contributed by atoms with Crippen LogP contribution in [0.4, 0.5) is 4.39 Å². The molecule has 1 unspecified atom stereocenters. The van der Waals surface area contributed by atoms with Crippen LogP contribution in [0.5, 0.6) is 0 Å². The Morgan fingerprint density at radius 2 is 1.89 bits per heavy atom. The minimum Gasteiger partial charge on any atom is -0.478 e. The number of carboxylic acid groups (broad SMARTS) is 1. The molecule has 1 atom stereocenters. The standard InChI is InChI=1S/C31H34FNO2/c32-14-3-15-33-19-22(20-33)16-21-6-8-23(9-7-21)29-26-11-10-25(30(34)35)17-24(26)4-1-5-27(29)28-18-31(28)12-2-13-31/h6-11,16-17,28H,1-5,12-15,18-20H2,(H,34,35). The summed E-state index contributed by atoms with van der Waals surface area (Å²) in [4.78, 5) is 13.9. The quantitative estimate of drug-likeness (QED) is 0.484.